The van der Waals surface area contributed by atoms with Crippen LogP contribution in [-0.4, -0.2) is 17.8 Å². The Morgan fingerprint density at radius 3 is 2.19 bits per heavy atom. The fourth-order valence-electron chi connectivity index (χ4n) is 8.00. The molecule has 0 atom stereocenters. The summed E-state index contributed by atoms with van der Waals surface area (Å²) in [4.78, 5) is 40.2. The summed E-state index contributed by atoms with van der Waals surface area (Å²) in [6.45, 7) is 0.273. The number of barbiturate groups is 1. The molecule has 0 unspecified atom stereocenters. The first kappa shape index (κ1) is 28.6. The van der Waals surface area contributed by atoms with Crippen molar-refractivity contribution in [2.75, 3.05) is 4.90 Å². The number of nitrogens with one attached hydrogen (secondary N) is 1. The maximum absolute atomic E-state index is 13.5. The van der Waals surface area contributed by atoms with E-state index in [1.54, 1.807) is 30.3 Å². The zero-order chi connectivity index (χ0) is 29.9. The molecule has 4 bridgehead atoms. The lowest BCUT2D eigenvalue weighted by molar-refractivity contribution is -0.122. The average Bonchev–Trinajstić information content (AvgIpc) is 2.96. The standard InChI is InChI=1S/C34H29BrCl2N2O4/c35-27-13-19(2-8-30(27)43-18-20-1-7-28(36)29(37)14-20)12-26-31(40)38-33(42)39(32(26)41)25-5-3-24(4-6-25)34-15-21-9-22(16-34)11-23(10-21)17-34/h1-8,12-14,21-23H,9-11,15-18H2,(H,38,40,42)/b26-12+. The van der Waals surface area contributed by atoms with Crippen LogP contribution in [0, 0.1) is 17.8 Å². The first-order valence-corrected chi connectivity index (χ1v) is 16.1. The molecule has 5 aliphatic rings. The molecular weight excluding hydrogens is 651 g/mol. The van der Waals surface area contributed by atoms with Crippen LogP contribution in [0.4, 0.5) is 10.5 Å². The smallest absolute Gasteiger partial charge is 0.335 e. The van der Waals surface area contributed by atoms with E-state index in [1.165, 1.54) is 50.2 Å². The number of hydrogen-bond donors (Lipinski definition) is 1. The molecule has 0 spiro atoms. The van der Waals surface area contributed by atoms with Crippen LogP contribution in [0.3, 0.4) is 0 Å². The van der Waals surface area contributed by atoms with E-state index in [0.29, 0.717) is 31.5 Å². The number of carbonyl (C=O) groups excluding carboxylic acids is 3. The van der Waals surface area contributed by atoms with Crippen LogP contribution in [0.5, 0.6) is 5.75 Å². The summed E-state index contributed by atoms with van der Waals surface area (Å²) < 4.78 is 6.55. The van der Waals surface area contributed by atoms with Gasteiger partial charge in [0.25, 0.3) is 11.8 Å². The van der Waals surface area contributed by atoms with Gasteiger partial charge in [0, 0.05) is 0 Å². The third kappa shape index (κ3) is 5.41. The minimum absolute atomic E-state index is 0.124. The van der Waals surface area contributed by atoms with Gasteiger partial charge >= 0.3 is 6.03 Å². The lowest BCUT2D eigenvalue weighted by Crippen LogP contribution is -2.54. The van der Waals surface area contributed by atoms with Crippen LogP contribution in [0.15, 0.2) is 70.7 Å². The number of imide groups is 2. The number of urea groups is 1. The molecule has 0 radical (unpaired) electrons. The van der Waals surface area contributed by atoms with Crippen LogP contribution in [0.2, 0.25) is 10.0 Å². The molecule has 8 rings (SSSR count). The van der Waals surface area contributed by atoms with Gasteiger partial charge in [-0.3, -0.25) is 14.9 Å². The molecule has 1 saturated heterocycles. The van der Waals surface area contributed by atoms with Crippen molar-refractivity contribution < 1.29 is 19.1 Å². The Hall–Kier alpha value is -3.13. The minimum Gasteiger partial charge on any atom is -0.488 e. The number of hydrogen-bond acceptors (Lipinski definition) is 4. The lowest BCUT2D eigenvalue weighted by atomic mass is 9.48. The topological polar surface area (TPSA) is 75.7 Å². The van der Waals surface area contributed by atoms with E-state index in [2.05, 4.69) is 33.4 Å². The van der Waals surface area contributed by atoms with Gasteiger partial charge in [0.2, 0.25) is 0 Å². The molecule has 4 saturated carbocycles. The van der Waals surface area contributed by atoms with E-state index in [1.807, 2.05) is 18.2 Å². The molecule has 6 nitrogen and oxygen atoms in total. The van der Waals surface area contributed by atoms with E-state index < -0.39 is 17.8 Å². The summed E-state index contributed by atoms with van der Waals surface area (Å²) in [6, 6.07) is 17.6. The van der Waals surface area contributed by atoms with Crippen LogP contribution >= 0.6 is 39.1 Å². The SMILES string of the molecule is O=C1NC(=O)N(c2ccc(C34CC5CC(CC(C5)C3)C4)cc2)C(=O)/C1=C/c1ccc(OCc2ccc(Cl)c(Cl)c2)c(Br)c1. The van der Waals surface area contributed by atoms with Crippen molar-refractivity contribution in [3.63, 3.8) is 0 Å². The van der Waals surface area contributed by atoms with Gasteiger partial charge in [-0.1, -0.05) is 47.5 Å². The van der Waals surface area contributed by atoms with E-state index in [4.69, 9.17) is 27.9 Å². The second kappa shape index (κ2) is 11.1. The molecule has 1 N–H and O–H groups in total. The van der Waals surface area contributed by atoms with Crippen LogP contribution < -0.4 is 15.0 Å². The van der Waals surface area contributed by atoms with E-state index in [9.17, 15) is 14.4 Å². The molecule has 3 aromatic carbocycles. The van der Waals surface area contributed by atoms with Gasteiger partial charge in [0.1, 0.15) is 17.9 Å². The normalized spacial score (nSPS) is 27.1. The quantitative estimate of drug-likeness (QED) is 0.210. The zero-order valence-electron chi connectivity index (χ0n) is 23.2. The molecular formula is C34H29BrCl2N2O4. The predicted molar refractivity (Wildman–Crippen MR) is 170 cm³/mol. The first-order valence-electron chi connectivity index (χ1n) is 14.6. The van der Waals surface area contributed by atoms with Crippen molar-refractivity contribution in [3.05, 3.63) is 97.4 Å². The molecule has 9 heteroatoms. The molecule has 4 amide bonds. The maximum Gasteiger partial charge on any atom is 0.335 e. The highest BCUT2D eigenvalue weighted by atomic mass is 79.9. The van der Waals surface area contributed by atoms with Gasteiger partial charge in [-0.2, -0.15) is 0 Å². The Balaban J connectivity index is 1.09. The third-order valence-electron chi connectivity index (χ3n) is 9.52. The van der Waals surface area contributed by atoms with Crippen molar-refractivity contribution in [2.45, 2.75) is 50.5 Å². The number of rotatable bonds is 6. The number of halogens is 3. The highest BCUT2D eigenvalue weighted by Gasteiger charge is 2.51. The summed E-state index contributed by atoms with van der Waals surface area (Å²) in [6.07, 6.45) is 9.29. The summed E-state index contributed by atoms with van der Waals surface area (Å²) in [5.41, 5.74) is 3.29. The second-order valence-corrected chi connectivity index (χ2v) is 14.1. The fraction of sp³-hybridized carbons (Fsp3) is 0.324. The molecule has 3 aromatic rings. The number of nitrogens with zero attached hydrogens (tertiary/aromatic N) is 1. The lowest BCUT2D eigenvalue weighted by Gasteiger charge is -2.57. The molecule has 1 aliphatic heterocycles. The number of amides is 4. The highest BCUT2D eigenvalue weighted by molar-refractivity contribution is 9.10. The first-order chi connectivity index (χ1) is 20.7. The van der Waals surface area contributed by atoms with Gasteiger partial charge < -0.3 is 4.74 Å². The second-order valence-electron chi connectivity index (χ2n) is 12.4. The molecule has 0 aromatic heterocycles. The zero-order valence-corrected chi connectivity index (χ0v) is 26.3. The predicted octanol–water partition coefficient (Wildman–Crippen LogP) is 8.47. The van der Waals surface area contributed by atoms with Gasteiger partial charge in [-0.05, 0) is 137 Å². The van der Waals surface area contributed by atoms with Crippen molar-refractivity contribution in [1.29, 1.82) is 0 Å². The van der Waals surface area contributed by atoms with Crippen LogP contribution in [0.1, 0.15) is 55.2 Å². The van der Waals surface area contributed by atoms with Crippen molar-refractivity contribution in [1.82, 2.24) is 5.32 Å². The fourth-order valence-corrected chi connectivity index (χ4v) is 8.83. The van der Waals surface area contributed by atoms with Gasteiger partial charge in [0.05, 0.1) is 20.2 Å². The molecule has 1 heterocycles. The Morgan fingerprint density at radius 1 is 0.884 bits per heavy atom. The van der Waals surface area contributed by atoms with Gasteiger partial charge in [0.15, 0.2) is 0 Å². The number of ether oxygens (including phenoxy) is 1. The Labute approximate surface area is 268 Å². The average molecular weight is 680 g/mol. The monoisotopic (exact) mass is 678 g/mol. The van der Waals surface area contributed by atoms with Gasteiger partial charge in [-0.15, -0.1) is 0 Å². The highest BCUT2D eigenvalue weighted by Crippen LogP contribution is 2.60. The summed E-state index contributed by atoms with van der Waals surface area (Å²) in [7, 11) is 0. The molecule has 4 aliphatic carbocycles. The van der Waals surface area contributed by atoms with E-state index in [-0.39, 0.29) is 17.6 Å². The van der Waals surface area contributed by atoms with Crippen molar-refractivity contribution in [2.24, 2.45) is 17.8 Å². The van der Waals surface area contributed by atoms with Crippen LogP contribution in [0.25, 0.3) is 6.08 Å². The number of anilines is 1. The number of benzene rings is 3. The molecule has 220 valence electrons. The molecule has 43 heavy (non-hydrogen) atoms. The van der Waals surface area contributed by atoms with Crippen LogP contribution in [-0.2, 0) is 21.6 Å². The summed E-state index contributed by atoms with van der Waals surface area (Å²) in [5.74, 6) is 1.65. The Kier molecular flexibility index (Phi) is 7.39. The van der Waals surface area contributed by atoms with E-state index >= 15 is 0 Å². The Morgan fingerprint density at radius 2 is 1.56 bits per heavy atom. The third-order valence-corrected chi connectivity index (χ3v) is 10.9. The summed E-state index contributed by atoms with van der Waals surface area (Å²) in [5, 5.41) is 3.25. The van der Waals surface area contributed by atoms with Gasteiger partial charge in [-0.25, -0.2) is 9.69 Å². The Bertz CT molecular complexity index is 1650. The van der Waals surface area contributed by atoms with Crippen molar-refractivity contribution >= 4 is 68.7 Å². The number of carbonyl (C=O) groups is 3. The van der Waals surface area contributed by atoms with Crippen molar-refractivity contribution in [3.8, 4) is 5.75 Å². The molecule has 5 fully saturated rings. The van der Waals surface area contributed by atoms with E-state index in [0.717, 1.165) is 28.2 Å². The maximum atomic E-state index is 13.5. The minimum atomic E-state index is -0.748. The summed E-state index contributed by atoms with van der Waals surface area (Å²) >= 11 is 15.6. The largest absolute Gasteiger partial charge is 0.488 e.